The Labute approximate surface area is 362 Å². The first-order valence-electron chi connectivity index (χ1n) is 21.6. The second kappa shape index (κ2) is 15.7. The van der Waals surface area contributed by atoms with Gasteiger partial charge >= 0.3 is 0 Å². The molecule has 0 radical (unpaired) electrons. The molecule has 11 rings (SSSR count). The minimum atomic E-state index is 0.00150. The van der Waals surface area contributed by atoms with E-state index in [0.717, 1.165) is 68.7 Å². The van der Waals surface area contributed by atoms with Crippen LogP contribution in [0.2, 0.25) is 0 Å². The molecule has 0 amide bonds. The quantitative estimate of drug-likeness (QED) is 0.161. The van der Waals surface area contributed by atoms with Crippen molar-refractivity contribution in [1.82, 2.24) is 15.0 Å². The molecule has 2 aliphatic carbocycles. The van der Waals surface area contributed by atoms with Crippen molar-refractivity contribution in [3.05, 3.63) is 211 Å². The lowest BCUT2D eigenvalue weighted by atomic mass is 9.67. The number of fused-ring (bicyclic) bond motifs is 5. The normalized spacial score (nSPS) is 13.6. The Morgan fingerprint density at radius 2 is 0.903 bits per heavy atom. The molecule has 4 nitrogen and oxygen atoms in total. The number of nitrogens with zero attached hydrogens (tertiary/aromatic N) is 4. The van der Waals surface area contributed by atoms with Gasteiger partial charge in [0.05, 0.1) is 23.0 Å². The third-order valence-electron chi connectivity index (χ3n) is 13.1. The van der Waals surface area contributed by atoms with E-state index in [2.05, 4.69) is 163 Å². The van der Waals surface area contributed by atoms with Crippen molar-refractivity contribution in [1.29, 1.82) is 5.26 Å². The maximum Gasteiger partial charge on any atom is 0.160 e. The summed E-state index contributed by atoms with van der Waals surface area (Å²) in [6.07, 6.45) is 9.69. The molecule has 9 aromatic rings. The van der Waals surface area contributed by atoms with Gasteiger partial charge in [-0.2, -0.15) is 5.26 Å². The molecule has 2 aromatic heterocycles. The van der Waals surface area contributed by atoms with E-state index in [1.165, 1.54) is 63.8 Å². The van der Waals surface area contributed by atoms with E-state index < -0.39 is 0 Å². The Hall–Kier alpha value is -7.74. The Bertz CT molecular complexity index is 3120. The number of hydrogen-bond acceptors (Lipinski definition) is 4. The number of pyridine rings is 1. The van der Waals surface area contributed by atoms with Crippen LogP contribution in [0.15, 0.2) is 194 Å². The van der Waals surface area contributed by atoms with Crippen molar-refractivity contribution in [2.45, 2.75) is 37.5 Å². The van der Waals surface area contributed by atoms with Crippen LogP contribution in [0.3, 0.4) is 0 Å². The lowest BCUT2D eigenvalue weighted by molar-refractivity contribution is 0.353. The van der Waals surface area contributed by atoms with Crippen molar-refractivity contribution in [3.8, 4) is 95.6 Å². The fraction of sp³-hybridized carbons (Fsp3) is 0.103. The van der Waals surface area contributed by atoms with Gasteiger partial charge in [-0.3, -0.25) is 4.98 Å². The average molecular weight is 795 g/mol. The zero-order chi connectivity index (χ0) is 41.5. The SMILES string of the molecule is N#Cc1ccc2c(c1)C1(CCCCC1)c1cc(-c3ccc(-c4cccc(-c5ccc(-c6cc(-c7ccc(-c8cccnc8)cc7)nc(-c7ccccc7)n6)cc5)c4)cc3)ccc1-2. The highest BCUT2D eigenvalue weighted by molar-refractivity contribution is 5.85. The van der Waals surface area contributed by atoms with E-state index in [4.69, 9.17) is 9.97 Å². The second-order valence-corrected chi connectivity index (χ2v) is 16.7. The highest BCUT2D eigenvalue weighted by Crippen LogP contribution is 2.56. The summed E-state index contributed by atoms with van der Waals surface area (Å²) in [5, 5.41) is 9.74. The first kappa shape index (κ1) is 37.3. The van der Waals surface area contributed by atoms with Gasteiger partial charge in [0.25, 0.3) is 0 Å². The topological polar surface area (TPSA) is 62.5 Å². The standard InChI is InChI=1S/C58H42N4/c59-37-39-14-28-51-52-29-27-49(35-54(52)58(53(51)33-39)30-5-2-6-31-58)42-17-15-40(16-18-42)47-11-7-12-48(34-47)41-19-23-44(24-20-41)55-36-56(62-57(61-55)46-9-3-1-4-10-46)45-25-21-43(22-26-45)50-13-8-32-60-38-50/h1,3-4,7-29,32-36,38H,2,5-6,30-31H2. The fourth-order valence-electron chi connectivity index (χ4n) is 9.83. The van der Waals surface area contributed by atoms with Crippen molar-refractivity contribution in [2.75, 3.05) is 0 Å². The van der Waals surface area contributed by atoms with Crippen LogP contribution in [0.1, 0.15) is 48.8 Å². The molecule has 2 heterocycles. The number of nitriles is 1. The van der Waals surface area contributed by atoms with Gasteiger partial charge in [-0.25, -0.2) is 9.97 Å². The van der Waals surface area contributed by atoms with Gasteiger partial charge in [0.15, 0.2) is 5.82 Å². The van der Waals surface area contributed by atoms with Gasteiger partial charge < -0.3 is 0 Å². The van der Waals surface area contributed by atoms with Crippen LogP contribution >= 0.6 is 0 Å². The Morgan fingerprint density at radius 3 is 1.48 bits per heavy atom. The van der Waals surface area contributed by atoms with Crippen LogP contribution in [0.4, 0.5) is 0 Å². The van der Waals surface area contributed by atoms with Crippen molar-refractivity contribution >= 4 is 0 Å². The Balaban J connectivity index is 0.863. The van der Waals surface area contributed by atoms with Crippen LogP contribution in [-0.4, -0.2) is 15.0 Å². The summed E-state index contributed by atoms with van der Waals surface area (Å²) >= 11 is 0. The minimum absolute atomic E-state index is 0.00150. The molecule has 294 valence electrons. The summed E-state index contributed by atoms with van der Waals surface area (Å²) < 4.78 is 0. The monoisotopic (exact) mass is 794 g/mol. The van der Waals surface area contributed by atoms with E-state index in [1.54, 1.807) is 6.20 Å². The molecule has 62 heavy (non-hydrogen) atoms. The maximum atomic E-state index is 9.74. The lowest BCUT2D eigenvalue weighted by Crippen LogP contribution is -2.28. The van der Waals surface area contributed by atoms with Gasteiger partial charge in [0.1, 0.15) is 0 Å². The molecule has 0 aliphatic heterocycles. The molecule has 1 spiro atoms. The molecule has 2 aliphatic rings. The number of aromatic nitrogens is 3. The summed E-state index contributed by atoms with van der Waals surface area (Å²) in [6, 6.07) is 67.1. The summed E-state index contributed by atoms with van der Waals surface area (Å²) in [5.74, 6) is 0.697. The van der Waals surface area contributed by atoms with Crippen LogP contribution in [0.5, 0.6) is 0 Å². The zero-order valence-corrected chi connectivity index (χ0v) is 34.3. The minimum Gasteiger partial charge on any atom is -0.264 e. The van der Waals surface area contributed by atoms with E-state index in [1.807, 2.05) is 36.5 Å². The third kappa shape index (κ3) is 6.79. The maximum absolute atomic E-state index is 9.74. The van der Waals surface area contributed by atoms with E-state index in [-0.39, 0.29) is 5.41 Å². The van der Waals surface area contributed by atoms with Gasteiger partial charge in [-0.05, 0) is 116 Å². The number of rotatable bonds is 7. The molecule has 0 saturated heterocycles. The predicted molar refractivity (Wildman–Crippen MR) is 252 cm³/mol. The van der Waals surface area contributed by atoms with Crippen molar-refractivity contribution in [3.63, 3.8) is 0 Å². The summed E-state index contributed by atoms with van der Waals surface area (Å²) in [6.45, 7) is 0. The molecule has 0 unspecified atom stereocenters. The smallest absolute Gasteiger partial charge is 0.160 e. The van der Waals surface area contributed by atoms with Crippen LogP contribution in [-0.2, 0) is 5.41 Å². The van der Waals surface area contributed by atoms with Crippen LogP contribution in [0.25, 0.3) is 89.5 Å². The molecule has 4 heteroatoms. The Kier molecular flexibility index (Phi) is 9.44. The van der Waals surface area contributed by atoms with Crippen LogP contribution in [0, 0.1) is 11.3 Å². The van der Waals surface area contributed by atoms with Crippen molar-refractivity contribution < 1.29 is 0 Å². The van der Waals surface area contributed by atoms with E-state index >= 15 is 0 Å². The summed E-state index contributed by atoms with van der Waals surface area (Å²) in [7, 11) is 0. The molecule has 0 atom stereocenters. The second-order valence-electron chi connectivity index (χ2n) is 16.7. The van der Waals surface area contributed by atoms with Gasteiger partial charge in [-0.15, -0.1) is 0 Å². The van der Waals surface area contributed by atoms with Crippen molar-refractivity contribution in [2.24, 2.45) is 0 Å². The molecule has 0 N–H and O–H groups in total. The van der Waals surface area contributed by atoms with Gasteiger partial charge in [0.2, 0.25) is 0 Å². The molecule has 7 aromatic carbocycles. The average Bonchev–Trinajstić information content (AvgIpc) is 3.61. The lowest BCUT2D eigenvalue weighted by Gasteiger charge is -2.36. The van der Waals surface area contributed by atoms with E-state index in [9.17, 15) is 5.26 Å². The first-order valence-corrected chi connectivity index (χ1v) is 21.6. The van der Waals surface area contributed by atoms with E-state index in [0.29, 0.717) is 5.82 Å². The summed E-state index contributed by atoms with van der Waals surface area (Å²) in [5.41, 5.74) is 20.3. The summed E-state index contributed by atoms with van der Waals surface area (Å²) in [4.78, 5) is 14.4. The number of hydrogen-bond donors (Lipinski definition) is 0. The van der Waals surface area contributed by atoms with Crippen LogP contribution < -0.4 is 0 Å². The Morgan fingerprint density at radius 1 is 0.403 bits per heavy atom. The van der Waals surface area contributed by atoms with Gasteiger partial charge in [0, 0.05) is 34.5 Å². The van der Waals surface area contributed by atoms with Gasteiger partial charge in [-0.1, -0.05) is 165 Å². The molecule has 1 fully saturated rings. The first-order chi connectivity index (χ1) is 30.6. The highest BCUT2D eigenvalue weighted by Gasteiger charge is 2.44. The third-order valence-corrected chi connectivity index (χ3v) is 13.1. The zero-order valence-electron chi connectivity index (χ0n) is 34.3. The largest absolute Gasteiger partial charge is 0.264 e. The molecular weight excluding hydrogens is 753 g/mol. The predicted octanol–water partition coefficient (Wildman–Crippen LogP) is 14.6. The molecule has 1 saturated carbocycles. The molecule has 0 bridgehead atoms. The highest BCUT2D eigenvalue weighted by atomic mass is 14.9. The number of benzene rings is 7. The molecular formula is C58H42N4. The fourth-order valence-corrected chi connectivity index (χ4v) is 9.83.